The summed E-state index contributed by atoms with van der Waals surface area (Å²) in [5.74, 6) is -0.157. The van der Waals surface area contributed by atoms with Gasteiger partial charge in [-0.25, -0.2) is 0 Å². The van der Waals surface area contributed by atoms with E-state index in [1.165, 1.54) is 0 Å². The van der Waals surface area contributed by atoms with E-state index in [2.05, 4.69) is 0 Å². The predicted octanol–water partition coefficient (Wildman–Crippen LogP) is 1.01. The zero-order valence-corrected chi connectivity index (χ0v) is 8.36. The molecule has 2 aliphatic heterocycles. The van der Waals surface area contributed by atoms with Gasteiger partial charge < -0.3 is 14.2 Å². The summed E-state index contributed by atoms with van der Waals surface area (Å²) in [4.78, 5) is 10.5. The lowest BCUT2D eigenvalue weighted by molar-refractivity contribution is -0.307. The van der Waals surface area contributed by atoms with Crippen molar-refractivity contribution in [3.8, 4) is 0 Å². The van der Waals surface area contributed by atoms with Crippen LogP contribution >= 0.6 is 0 Å². The van der Waals surface area contributed by atoms with E-state index in [9.17, 15) is 4.79 Å². The predicted molar refractivity (Wildman–Crippen MR) is 48.5 cm³/mol. The Labute approximate surface area is 82.8 Å². The minimum Gasteiger partial charge on any atom is -0.482 e. The third-order valence-corrected chi connectivity index (χ3v) is 2.40. The number of aldehydes is 1. The molecule has 2 aliphatic rings. The second kappa shape index (κ2) is 3.37. The van der Waals surface area contributed by atoms with Crippen molar-refractivity contribution < 1.29 is 19.0 Å². The normalized spacial score (nSPS) is 35.1. The van der Waals surface area contributed by atoms with Gasteiger partial charge in [0.05, 0.1) is 6.61 Å². The number of allylic oxidation sites excluding steroid dienone is 1. The van der Waals surface area contributed by atoms with Crippen molar-refractivity contribution in [3.63, 3.8) is 0 Å². The fraction of sp³-hybridized carbons (Fsp3) is 0.700. The van der Waals surface area contributed by atoms with Gasteiger partial charge in [-0.2, -0.15) is 0 Å². The van der Waals surface area contributed by atoms with Crippen LogP contribution in [0, 0.1) is 0 Å². The summed E-state index contributed by atoms with van der Waals surface area (Å²) in [5.41, 5.74) is 0. The molecule has 0 spiro atoms. The van der Waals surface area contributed by atoms with Crippen LogP contribution in [0.15, 0.2) is 11.8 Å². The van der Waals surface area contributed by atoms with Crippen molar-refractivity contribution >= 4 is 6.29 Å². The van der Waals surface area contributed by atoms with Crippen LogP contribution in [0.5, 0.6) is 0 Å². The standard InChI is InChI=1S/C10H14O4/c1-10(2)12-6-9-8(14-10)4-3-7(5-11)13-9/h3,5,8-9H,4,6H2,1-2H3/t8-,9+/m0/s1. The minimum atomic E-state index is -0.545. The SMILES string of the molecule is CC1(C)OC[C@H]2OC(C=O)=CC[C@@H]2O1. The van der Waals surface area contributed by atoms with E-state index in [0.717, 1.165) is 6.29 Å². The molecular weight excluding hydrogens is 184 g/mol. The highest BCUT2D eigenvalue weighted by atomic mass is 16.7. The first-order valence-corrected chi connectivity index (χ1v) is 4.74. The Morgan fingerprint density at radius 1 is 1.50 bits per heavy atom. The number of hydrogen-bond acceptors (Lipinski definition) is 4. The van der Waals surface area contributed by atoms with E-state index in [1.54, 1.807) is 6.08 Å². The number of ether oxygens (including phenoxy) is 3. The Morgan fingerprint density at radius 3 is 3.00 bits per heavy atom. The maximum Gasteiger partial charge on any atom is 0.184 e. The van der Waals surface area contributed by atoms with Gasteiger partial charge in [0.25, 0.3) is 0 Å². The third kappa shape index (κ3) is 1.81. The van der Waals surface area contributed by atoms with Gasteiger partial charge in [0.1, 0.15) is 12.2 Å². The molecule has 0 aliphatic carbocycles. The Balaban J connectivity index is 2.07. The molecule has 0 saturated carbocycles. The van der Waals surface area contributed by atoms with E-state index < -0.39 is 5.79 Å². The number of fused-ring (bicyclic) bond motifs is 1. The molecule has 0 aromatic rings. The largest absolute Gasteiger partial charge is 0.482 e. The second-order valence-electron chi connectivity index (χ2n) is 3.98. The zero-order chi connectivity index (χ0) is 10.2. The average molecular weight is 198 g/mol. The monoisotopic (exact) mass is 198 g/mol. The third-order valence-electron chi connectivity index (χ3n) is 2.40. The van der Waals surface area contributed by atoms with E-state index in [-0.39, 0.29) is 12.2 Å². The molecule has 0 N–H and O–H groups in total. The molecule has 4 nitrogen and oxygen atoms in total. The second-order valence-corrected chi connectivity index (χ2v) is 3.98. The first-order chi connectivity index (χ1) is 6.61. The van der Waals surface area contributed by atoms with Crippen LogP contribution in [0.2, 0.25) is 0 Å². The van der Waals surface area contributed by atoms with Crippen LogP contribution in [0.25, 0.3) is 0 Å². The van der Waals surface area contributed by atoms with Crippen molar-refractivity contribution in [1.82, 2.24) is 0 Å². The Morgan fingerprint density at radius 2 is 2.29 bits per heavy atom. The van der Waals surface area contributed by atoms with Gasteiger partial charge in [-0.3, -0.25) is 4.79 Å². The molecular formula is C10H14O4. The maximum absolute atomic E-state index is 10.5. The summed E-state index contributed by atoms with van der Waals surface area (Å²) >= 11 is 0. The fourth-order valence-electron chi connectivity index (χ4n) is 1.71. The molecule has 1 fully saturated rings. The number of hydrogen-bond donors (Lipinski definition) is 0. The smallest absolute Gasteiger partial charge is 0.184 e. The van der Waals surface area contributed by atoms with E-state index in [1.807, 2.05) is 13.8 Å². The summed E-state index contributed by atoms with van der Waals surface area (Å²) in [6, 6.07) is 0. The summed E-state index contributed by atoms with van der Waals surface area (Å²) in [7, 11) is 0. The summed E-state index contributed by atoms with van der Waals surface area (Å²) < 4.78 is 16.5. The van der Waals surface area contributed by atoms with E-state index in [4.69, 9.17) is 14.2 Å². The van der Waals surface area contributed by atoms with Crippen LogP contribution in [-0.2, 0) is 19.0 Å². The first kappa shape index (κ1) is 9.68. The van der Waals surface area contributed by atoms with Gasteiger partial charge in [0.15, 0.2) is 17.8 Å². The van der Waals surface area contributed by atoms with Crippen LogP contribution in [0.3, 0.4) is 0 Å². The zero-order valence-electron chi connectivity index (χ0n) is 8.36. The van der Waals surface area contributed by atoms with Crippen molar-refractivity contribution in [2.45, 2.75) is 38.3 Å². The van der Waals surface area contributed by atoms with Crippen molar-refractivity contribution in [2.75, 3.05) is 6.61 Å². The fourth-order valence-corrected chi connectivity index (χ4v) is 1.71. The lowest BCUT2D eigenvalue weighted by atomic mass is 10.1. The highest BCUT2D eigenvalue weighted by Crippen LogP contribution is 2.29. The van der Waals surface area contributed by atoms with Crippen molar-refractivity contribution in [3.05, 3.63) is 11.8 Å². The van der Waals surface area contributed by atoms with Gasteiger partial charge >= 0.3 is 0 Å². The lowest BCUT2D eigenvalue weighted by Crippen LogP contribution is -2.50. The number of rotatable bonds is 1. The number of carbonyl (C=O) groups excluding carboxylic acids is 1. The van der Waals surface area contributed by atoms with Gasteiger partial charge in [-0.05, 0) is 26.3 Å². The summed E-state index contributed by atoms with van der Waals surface area (Å²) in [5, 5.41) is 0. The number of carbonyl (C=O) groups is 1. The lowest BCUT2D eigenvalue weighted by Gasteiger charge is -2.42. The topological polar surface area (TPSA) is 44.8 Å². The van der Waals surface area contributed by atoms with Crippen molar-refractivity contribution in [2.24, 2.45) is 0 Å². The molecule has 78 valence electrons. The van der Waals surface area contributed by atoms with Crippen LogP contribution in [-0.4, -0.2) is 30.9 Å². The van der Waals surface area contributed by atoms with Crippen molar-refractivity contribution in [1.29, 1.82) is 0 Å². The van der Waals surface area contributed by atoms with Gasteiger partial charge in [-0.15, -0.1) is 0 Å². The van der Waals surface area contributed by atoms with Crippen LogP contribution < -0.4 is 0 Å². The van der Waals surface area contributed by atoms with Gasteiger partial charge in [0, 0.05) is 0 Å². The molecule has 2 atom stereocenters. The Bertz CT molecular complexity index is 269. The molecule has 0 aromatic heterocycles. The summed E-state index contributed by atoms with van der Waals surface area (Å²) in [6.45, 7) is 4.23. The molecule has 2 heterocycles. The Kier molecular flexibility index (Phi) is 2.33. The highest BCUT2D eigenvalue weighted by Gasteiger charge is 2.39. The molecule has 0 bridgehead atoms. The average Bonchev–Trinajstić information content (AvgIpc) is 2.16. The molecule has 0 aromatic carbocycles. The van der Waals surface area contributed by atoms with Gasteiger partial charge in [0.2, 0.25) is 0 Å². The Hall–Kier alpha value is -0.870. The quantitative estimate of drug-likeness (QED) is 0.590. The molecule has 0 unspecified atom stereocenters. The highest BCUT2D eigenvalue weighted by molar-refractivity contribution is 5.70. The summed E-state index contributed by atoms with van der Waals surface area (Å²) in [6.07, 6.45) is 3.05. The molecule has 0 radical (unpaired) electrons. The minimum absolute atomic E-state index is 0.00227. The van der Waals surface area contributed by atoms with Crippen LogP contribution in [0.4, 0.5) is 0 Å². The molecule has 1 saturated heterocycles. The molecule has 2 rings (SSSR count). The maximum atomic E-state index is 10.5. The van der Waals surface area contributed by atoms with E-state index in [0.29, 0.717) is 18.8 Å². The molecule has 0 amide bonds. The van der Waals surface area contributed by atoms with Crippen LogP contribution in [0.1, 0.15) is 20.3 Å². The molecule has 4 heteroatoms. The first-order valence-electron chi connectivity index (χ1n) is 4.74. The molecule has 14 heavy (non-hydrogen) atoms. The van der Waals surface area contributed by atoms with E-state index >= 15 is 0 Å². The van der Waals surface area contributed by atoms with Gasteiger partial charge in [-0.1, -0.05) is 0 Å².